The zero-order chi connectivity index (χ0) is 43.9. The third kappa shape index (κ3) is 6.78. The smallest absolute Gasteiger partial charge is 0.179 e. The summed E-state index contributed by atoms with van der Waals surface area (Å²) in [5.41, 5.74) is 11.7. The predicted octanol–water partition coefficient (Wildman–Crippen LogP) is 14.2. The van der Waals surface area contributed by atoms with Crippen LogP contribution < -0.4 is 25.6 Å². The minimum atomic E-state index is -2.70. The summed E-state index contributed by atoms with van der Waals surface area (Å²) in [7, 11) is -2.70. The summed E-state index contributed by atoms with van der Waals surface area (Å²) in [5.74, 6) is 0. The van der Waals surface area contributed by atoms with Crippen molar-refractivity contribution in [3.05, 3.63) is 267 Å². The van der Waals surface area contributed by atoms with Gasteiger partial charge in [-0.3, -0.25) is 0 Å². The van der Waals surface area contributed by atoms with Gasteiger partial charge in [-0.2, -0.15) is 0 Å². The Bertz CT molecular complexity index is 3500. The molecule has 0 radical (unpaired) electrons. The van der Waals surface area contributed by atoms with Gasteiger partial charge in [-0.1, -0.05) is 206 Å². The van der Waals surface area contributed by atoms with Crippen LogP contribution in [0.3, 0.4) is 0 Å². The van der Waals surface area contributed by atoms with Gasteiger partial charge >= 0.3 is 0 Å². The fraction of sp³-hybridized carbons (Fsp3) is 0. The predicted molar refractivity (Wildman–Crippen MR) is 285 cm³/mol. The van der Waals surface area contributed by atoms with Crippen LogP contribution in [0.2, 0.25) is 0 Å². The van der Waals surface area contributed by atoms with Crippen molar-refractivity contribution in [2.45, 2.75) is 0 Å². The Morgan fingerprint density at radius 2 is 0.788 bits per heavy atom. The molecule has 10 aromatic carbocycles. The quantitative estimate of drug-likeness (QED) is 0.0982. The van der Waals surface area contributed by atoms with Crippen LogP contribution in [0.4, 0.5) is 17.1 Å². The highest BCUT2D eigenvalue weighted by atomic mass is 32.1. The molecular formula is C62H44N2SSi. The molecule has 4 heteroatoms. The van der Waals surface area contributed by atoms with Crippen LogP contribution in [0.15, 0.2) is 267 Å². The van der Waals surface area contributed by atoms with E-state index in [2.05, 4.69) is 276 Å². The van der Waals surface area contributed by atoms with E-state index >= 15 is 0 Å². The molecule has 0 atom stereocenters. The first-order valence-electron chi connectivity index (χ1n) is 22.6. The monoisotopic (exact) mass is 876 g/mol. The van der Waals surface area contributed by atoms with E-state index < -0.39 is 8.07 Å². The molecule has 0 bridgehead atoms. The molecule has 0 fully saturated rings. The summed E-state index contributed by atoms with van der Waals surface area (Å²) in [6, 6.07) is 98.2. The second kappa shape index (κ2) is 16.8. The zero-order valence-corrected chi connectivity index (χ0v) is 38.0. The topological polar surface area (TPSA) is 8.17 Å². The van der Waals surface area contributed by atoms with Crippen molar-refractivity contribution in [1.29, 1.82) is 0 Å². The van der Waals surface area contributed by atoms with Gasteiger partial charge in [0.15, 0.2) is 8.07 Å². The van der Waals surface area contributed by atoms with Gasteiger partial charge in [0.25, 0.3) is 0 Å². The van der Waals surface area contributed by atoms with E-state index in [0.29, 0.717) is 0 Å². The zero-order valence-electron chi connectivity index (χ0n) is 36.2. The van der Waals surface area contributed by atoms with E-state index in [1.165, 1.54) is 68.6 Å². The molecule has 12 aromatic rings. The number of benzene rings is 10. The minimum Gasteiger partial charge on any atom is -0.310 e. The van der Waals surface area contributed by atoms with Gasteiger partial charge in [-0.25, -0.2) is 0 Å². The molecule has 0 aliphatic heterocycles. The first kappa shape index (κ1) is 39.6. The largest absolute Gasteiger partial charge is 0.310 e. The second-order valence-electron chi connectivity index (χ2n) is 16.9. The van der Waals surface area contributed by atoms with E-state index in [4.69, 9.17) is 0 Å². The van der Waals surface area contributed by atoms with Gasteiger partial charge in [-0.05, 0) is 104 Å². The number of nitrogens with zero attached hydrogens (tertiary/aromatic N) is 2. The normalized spacial score (nSPS) is 11.6. The van der Waals surface area contributed by atoms with Gasteiger partial charge in [-0.15, -0.1) is 11.3 Å². The number of para-hydroxylation sites is 1. The molecule has 312 valence electrons. The van der Waals surface area contributed by atoms with Crippen LogP contribution in [0, 0.1) is 0 Å². The standard InChI is InChI=1S/C62H44N2SSi/c1-5-18-45(19-6-1)46-32-36-49(37-33-46)63(50-40-42-56(43-41-50)66(53-22-7-2-8-23-53,54-24-9-3-10-25-54)55-26-11-4-12-27-55)52-21-17-20-48(44-52)47-34-38-51(39-35-47)64-59-30-15-13-28-57(59)62-61(64)58-29-14-16-31-60(58)65-62/h1-44H. The Balaban J connectivity index is 0.970. The molecule has 0 spiro atoms. The van der Waals surface area contributed by atoms with Crippen molar-refractivity contribution < 1.29 is 0 Å². The molecule has 0 saturated heterocycles. The molecule has 2 aromatic heterocycles. The second-order valence-corrected chi connectivity index (χ2v) is 21.7. The first-order valence-corrected chi connectivity index (χ1v) is 25.4. The maximum absolute atomic E-state index is 2.70. The van der Waals surface area contributed by atoms with E-state index in [-0.39, 0.29) is 0 Å². The van der Waals surface area contributed by atoms with Crippen LogP contribution in [-0.4, -0.2) is 12.6 Å². The number of rotatable bonds is 10. The van der Waals surface area contributed by atoms with Crippen LogP contribution in [-0.2, 0) is 0 Å². The minimum absolute atomic E-state index is 1.09. The molecule has 2 nitrogen and oxygen atoms in total. The average Bonchev–Trinajstić information content (AvgIpc) is 3.94. The van der Waals surface area contributed by atoms with Gasteiger partial charge < -0.3 is 9.47 Å². The van der Waals surface area contributed by atoms with Crippen molar-refractivity contribution in [3.8, 4) is 27.9 Å². The summed E-state index contributed by atoms with van der Waals surface area (Å²) in [6.07, 6.45) is 0. The summed E-state index contributed by atoms with van der Waals surface area (Å²) in [6.45, 7) is 0. The Hall–Kier alpha value is -8.02. The molecule has 0 unspecified atom stereocenters. The lowest BCUT2D eigenvalue weighted by Gasteiger charge is -2.35. The molecule has 66 heavy (non-hydrogen) atoms. The lowest BCUT2D eigenvalue weighted by molar-refractivity contribution is 1.19. The van der Waals surface area contributed by atoms with Crippen LogP contribution in [0.5, 0.6) is 0 Å². The molecule has 12 rings (SSSR count). The van der Waals surface area contributed by atoms with Crippen molar-refractivity contribution in [3.63, 3.8) is 0 Å². The van der Waals surface area contributed by atoms with E-state index in [9.17, 15) is 0 Å². The van der Waals surface area contributed by atoms with Gasteiger partial charge in [0.1, 0.15) is 0 Å². The maximum Gasteiger partial charge on any atom is 0.179 e. The van der Waals surface area contributed by atoms with Gasteiger partial charge in [0, 0.05) is 38.2 Å². The molecule has 0 aliphatic rings. The van der Waals surface area contributed by atoms with Crippen molar-refractivity contribution in [2.24, 2.45) is 0 Å². The van der Waals surface area contributed by atoms with Gasteiger partial charge in [0.05, 0.1) is 15.7 Å². The molecule has 0 amide bonds. The van der Waals surface area contributed by atoms with Crippen LogP contribution >= 0.6 is 11.3 Å². The van der Waals surface area contributed by atoms with E-state index in [1.54, 1.807) is 0 Å². The Morgan fingerprint density at radius 3 is 1.41 bits per heavy atom. The number of thiophene rings is 1. The van der Waals surface area contributed by atoms with Crippen LogP contribution in [0.25, 0.3) is 59.1 Å². The van der Waals surface area contributed by atoms with Crippen molar-refractivity contribution >= 4 is 88.4 Å². The number of anilines is 3. The lowest BCUT2D eigenvalue weighted by atomic mass is 10.0. The van der Waals surface area contributed by atoms with E-state index in [0.717, 1.165) is 28.3 Å². The molecule has 0 saturated carbocycles. The fourth-order valence-electron chi connectivity index (χ4n) is 10.1. The fourth-order valence-corrected chi connectivity index (χ4v) is 16.1. The summed E-state index contributed by atoms with van der Waals surface area (Å²) >= 11 is 1.88. The van der Waals surface area contributed by atoms with Gasteiger partial charge in [0.2, 0.25) is 0 Å². The number of aromatic nitrogens is 1. The number of hydrogen-bond donors (Lipinski definition) is 0. The SMILES string of the molecule is c1ccc(-c2ccc(N(c3ccc([Si](c4ccccc4)(c4ccccc4)c4ccccc4)cc3)c3cccc(-c4ccc(-n5c6ccccc6c6sc7ccccc7c65)cc4)c3)cc2)cc1. The summed E-state index contributed by atoms with van der Waals surface area (Å²) < 4.78 is 5.09. The molecule has 0 aliphatic carbocycles. The molecule has 0 N–H and O–H groups in total. The summed E-state index contributed by atoms with van der Waals surface area (Å²) in [5, 5.41) is 8.01. The Kier molecular flexibility index (Phi) is 10.1. The first-order chi connectivity index (χ1) is 32.7. The Labute approximate surface area is 390 Å². The van der Waals surface area contributed by atoms with Crippen molar-refractivity contribution in [2.75, 3.05) is 4.90 Å². The lowest BCUT2D eigenvalue weighted by Crippen LogP contribution is -2.74. The third-order valence-corrected chi connectivity index (χ3v) is 19.1. The number of fused-ring (bicyclic) bond motifs is 5. The summed E-state index contributed by atoms with van der Waals surface area (Å²) in [4.78, 5) is 2.40. The number of hydrogen-bond acceptors (Lipinski definition) is 2. The highest BCUT2D eigenvalue weighted by Crippen LogP contribution is 2.43. The van der Waals surface area contributed by atoms with Crippen molar-refractivity contribution in [1.82, 2.24) is 4.57 Å². The third-order valence-electron chi connectivity index (χ3n) is 13.2. The molecular weight excluding hydrogens is 833 g/mol. The Morgan fingerprint density at radius 1 is 0.333 bits per heavy atom. The van der Waals surface area contributed by atoms with Crippen LogP contribution in [0.1, 0.15) is 0 Å². The molecule has 2 heterocycles. The van der Waals surface area contributed by atoms with E-state index in [1.807, 2.05) is 11.3 Å². The average molecular weight is 877 g/mol. The highest BCUT2D eigenvalue weighted by Gasteiger charge is 2.41. The maximum atomic E-state index is 2.44. The highest BCUT2D eigenvalue weighted by molar-refractivity contribution is 7.26.